The fourth-order valence-electron chi connectivity index (χ4n) is 1.09. The van der Waals surface area contributed by atoms with Crippen molar-refractivity contribution in [3.63, 3.8) is 0 Å². The van der Waals surface area contributed by atoms with Gasteiger partial charge in [0.2, 0.25) is 0 Å². The standard InChI is InChI=1S/C9H10F2O2/c1-5(12)8-6(10)3-4-7(13-2)9(8)11/h3-5,12H,1-2H3. The maximum Gasteiger partial charge on any atom is 0.173 e. The lowest BCUT2D eigenvalue weighted by Gasteiger charge is -2.10. The second-order valence-corrected chi connectivity index (χ2v) is 2.65. The van der Waals surface area contributed by atoms with Crippen LogP contribution in [0.15, 0.2) is 12.1 Å². The minimum atomic E-state index is -1.19. The maximum atomic E-state index is 13.3. The summed E-state index contributed by atoms with van der Waals surface area (Å²) in [4.78, 5) is 0. The molecule has 72 valence electrons. The third-order valence-corrected chi connectivity index (χ3v) is 1.73. The zero-order chi connectivity index (χ0) is 10.0. The van der Waals surface area contributed by atoms with E-state index in [2.05, 4.69) is 4.74 Å². The number of rotatable bonds is 2. The molecule has 1 atom stereocenters. The number of aliphatic hydroxyl groups excluding tert-OH is 1. The van der Waals surface area contributed by atoms with Crippen molar-refractivity contribution in [1.82, 2.24) is 0 Å². The number of methoxy groups -OCH3 is 1. The van der Waals surface area contributed by atoms with Crippen molar-refractivity contribution in [2.24, 2.45) is 0 Å². The maximum absolute atomic E-state index is 13.3. The van der Waals surface area contributed by atoms with E-state index in [1.807, 2.05) is 0 Å². The van der Waals surface area contributed by atoms with Gasteiger partial charge in [-0.25, -0.2) is 8.78 Å². The van der Waals surface area contributed by atoms with Crippen LogP contribution in [0, 0.1) is 11.6 Å². The molecular weight excluding hydrogens is 178 g/mol. The Labute approximate surface area is 74.8 Å². The molecule has 4 heteroatoms. The van der Waals surface area contributed by atoms with Crippen molar-refractivity contribution < 1.29 is 18.6 Å². The van der Waals surface area contributed by atoms with Gasteiger partial charge in [0.05, 0.1) is 18.8 Å². The smallest absolute Gasteiger partial charge is 0.173 e. The molecule has 1 unspecified atom stereocenters. The molecule has 0 aromatic heterocycles. The van der Waals surface area contributed by atoms with E-state index in [-0.39, 0.29) is 11.3 Å². The van der Waals surface area contributed by atoms with Crippen molar-refractivity contribution in [3.8, 4) is 5.75 Å². The molecule has 0 bridgehead atoms. The average molecular weight is 188 g/mol. The van der Waals surface area contributed by atoms with Crippen molar-refractivity contribution in [2.45, 2.75) is 13.0 Å². The van der Waals surface area contributed by atoms with Crippen LogP contribution in [0.2, 0.25) is 0 Å². The van der Waals surface area contributed by atoms with E-state index >= 15 is 0 Å². The number of hydrogen-bond donors (Lipinski definition) is 1. The lowest BCUT2D eigenvalue weighted by atomic mass is 10.1. The molecule has 1 aromatic rings. The van der Waals surface area contributed by atoms with E-state index < -0.39 is 17.7 Å². The number of benzene rings is 1. The first-order valence-corrected chi connectivity index (χ1v) is 3.78. The molecule has 0 aliphatic carbocycles. The second kappa shape index (κ2) is 3.70. The molecule has 0 amide bonds. The molecule has 13 heavy (non-hydrogen) atoms. The van der Waals surface area contributed by atoms with Gasteiger partial charge in [0.25, 0.3) is 0 Å². The summed E-state index contributed by atoms with van der Waals surface area (Å²) in [6.07, 6.45) is -1.19. The molecule has 0 aliphatic rings. The lowest BCUT2D eigenvalue weighted by molar-refractivity contribution is 0.187. The minimum Gasteiger partial charge on any atom is -0.494 e. The van der Waals surface area contributed by atoms with Crippen molar-refractivity contribution in [2.75, 3.05) is 7.11 Å². The normalized spacial score (nSPS) is 12.7. The predicted molar refractivity (Wildman–Crippen MR) is 43.5 cm³/mol. The molecular formula is C9H10F2O2. The van der Waals surface area contributed by atoms with Crippen molar-refractivity contribution >= 4 is 0 Å². The highest BCUT2D eigenvalue weighted by Crippen LogP contribution is 2.27. The van der Waals surface area contributed by atoms with Crippen LogP contribution in [0.4, 0.5) is 8.78 Å². The molecule has 0 heterocycles. The number of aliphatic hydroxyl groups is 1. The molecule has 1 rings (SSSR count). The highest BCUT2D eigenvalue weighted by Gasteiger charge is 2.17. The Hall–Kier alpha value is -1.16. The Morgan fingerprint density at radius 2 is 2.00 bits per heavy atom. The molecule has 0 saturated carbocycles. The van der Waals surface area contributed by atoms with Crippen LogP contribution in [-0.4, -0.2) is 12.2 Å². The molecule has 0 spiro atoms. The monoisotopic (exact) mass is 188 g/mol. The largest absolute Gasteiger partial charge is 0.494 e. The van der Waals surface area contributed by atoms with Gasteiger partial charge in [-0.2, -0.15) is 0 Å². The Kier molecular flexibility index (Phi) is 2.83. The van der Waals surface area contributed by atoms with Crippen LogP contribution in [0.25, 0.3) is 0 Å². The molecule has 1 N–H and O–H groups in total. The van der Waals surface area contributed by atoms with E-state index in [1.165, 1.54) is 20.1 Å². The number of hydrogen-bond acceptors (Lipinski definition) is 2. The third kappa shape index (κ3) is 1.78. The number of halogens is 2. The Morgan fingerprint density at radius 1 is 1.38 bits per heavy atom. The summed E-state index contributed by atoms with van der Waals surface area (Å²) in [5, 5.41) is 9.07. The summed E-state index contributed by atoms with van der Waals surface area (Å²) >= 11 is 0. The van der Waals surface area contributed by atoms with Crippen LogP contribution in [0.1, 0.15) is 18.6 Å². The summed E-state index contributed by atoms with van der Waals surface area (Å²) in [5.41, 5.74) is -0.362. The van der Waals surface area contributed by atoms with Gasteiger partial charge in [0.15, 0.2) is 11.6 Å². The molecule has 0 saturated heterocycles. The number of ether oxygens (including phenoxy) is 1. The first kappa shape index (κ1) is 9.92. The van der Waals surface area contributed by atoms with Crippen molar-refractivity contribution in [3.05, 3.63) is 29.3 Å². The van der Waals surface area contributed by atoms with Gasteiger partial charge in [-0.15, -0.1) is 0 Å². The van der Waals surface area contributed by atoms with Crippen LogP contribution in [0.5, 0.6) is 5.75 Å². The first-order chi connectivity index (χ1) is 6.07. The van der Waals surface area contributed by atoms with Crippen LogP contribution >= 0.6 is 0 Å². The van der Waals surface area contributed by atoms with Gasteiger partial charge in [-0.05, 0) is 19.1 Å². The lowest BCUT2D eigenvalue weighted by Crippen LogP contribution is -2.02. The SMILES string of the molecule is COc1ccc(F)c(C(C)O)c1F. The van der Waals surface area contributed by atoms with Crippen LogP contribution < -0.4 is 4.74 Å². The van der Waals surface area contributed by atoms with Gasteiger partial charge >= 0.3 is 0 Å². The quantitative estimate of drug-likeness (QED) is 0.769. The van der Waals surface area contributed by atoms with Crippen molar-refractivity contribution in [1.29, 1.82) is 0 Å². The first-order valence-electron chi connectivity index (χ1n) is 3.78. The molecule has 0 aliphatic heterocycles. The topological polar surface area (TPSA) is 29.5 Å². The summed E-state index contributed by atoms with van der Waals surface area (Å²) in [6.45, 7) is 1.29. The Morgan fingerprint density at radius 3 is 2.46 bits per heavy atom. The van der Waals surface area contributed by atoms with Gasteiger partial charge in [-0.3, -0.25) is 0 Å². The van der Waals surface area contributed by atoms with E-state index in [0.29, 0.717) is 0 Å². The molecule has 1 aromatic carbocycles. The average Bonchev–Trinajstić information content (AvgIpc) is 2.04. The predicted octanol–water partition coefficient (Wildman–Crippen LogP) is 2.03. The van der Waals surface area contributed by atoms with Crippen LogP contribution in [0.3, 0.4) is 0 Å². The van der Waals surface area contributed by atoms with Gasteiger partial charge in [-0.1, -0.05) is 0 Å². The third-order valence-electron chi connectivity index (χ3n) is 1.73. The van der Waals surface area contributed by atoms with Crippen LogP contribution in [-0.2, 0) is 0 Å². The second-order valence-electron chi connectivity index (χ2n) is 2.65. The summed E-state index contributed by atoms with van der Waals surface area (Å²) in [5.74, 6) is -1.69. The highest BCUT2D eigenvalue weighted by molar-refractivity contribution is 5.33. The Balaban J connectivity index is 3.30. The molecule has 0 fully saturated rings. The zero-order valence-electron chi connectivity index (χ0n) is 7.34. The van der Waals surface area contributed by atoms with Gasteiger partial charge in [0, 0.05) is 0 Å². The fourth-order valence-corrected chi connectivity index (χ4v) is 1.09. The fraction of sp³-hybridized carbons (Fsp3) is 0.333. The highest BCUT2D eigenvalue weighted by atomic mass is 19.1. The summed E-state index contributed by atoms with van der Waals surface area (Å²) in [6, 6.07) is 2.24. The Bertz CT molecular complexity index is 311. The molecule has 0 radical (unpaired) electrons. The van der Waals surface area contributed by atoms with E-state index in [9.17, 15) is 8.78 Å². The zero-order valence-corrected chi connectivity index (χ0v) is 7.34. The minimum absolute atomic E-state index is 0.0719. The van der Waals surface area contributed by atoms with Gasteiger partial charge in [0.1, 0.15) is 5.82 Å². The van der Waals surface area contributed by atoms with Gasteiger partial charge < -0.3 is 9.84 Å². The van der Waals surface area contributed by atoms with E-state index in [4.69, 9.17) is 5.11 Å². The van der Waals surface area contributed by atoms with E-state index in [0.717, 1.165) is 6.07 Å². The van der Waals surface area contributed by atoms with E-state index in [1.54, 1.807) is 0 Å². The summed E-state index contributed by atoms with van der Waals surface area (Å²) in [7, 11) is 1.28. The summed E-state index contributed by atoms with van der Waals surface area (Å²) < 4.78 is 30.9. The molecule has 2 nitrogen and oxygen atoms in total.